The van der Waals surface area contributed by atoms with Crippen molar-refractivity contribution >= 4 is 11.8 Å². The molecule has 0 aromatic carbocycles. The summed E-state index contributed by atoms with van der Waals surface area (Å²) in [7, 11) is 0. The second-order valence-corrected chi connectivity index (χ2v) is 7.47. The topological polar surface area (TPSA) is 52.0 Å². The molecule has 1 aliphatic heterocycles. The van der Waals surface area contributed by atoms with Gasteiger partial charge >= 0.3 is 0 Å². The summed E-state index contributed by atoms with van der Waals surface area (Å²) in [4.78, 5) is 0. The van der Waals surface area contributed by atoms with Gasteiger partial charge in [0, 0.05) is 43.5 Å². The lowest BCUT2D eigenvalue weighted by molar-refractivity contribution is 0.0786. The zero-order valence-corrected chi connectivity index (χ0v) is 13.3. The normalized spacial score (nSPS) is 23.6. The van der Waals surface area contributed by atoms with Crippen LogP contribution in [0.15, 0.2) is 5.16 Å². The monoisotopic (exact) mass is 308 g/mol. The molecule has 0 spiro atoms. The fourth-order valence-corrected chi connectivity index (χ4v) is 3.87. The van der Waals surface area contributed by atoms with Crippen molar-refractivity contribution in [2.45, 2.75) is 61.7 Å². The quantitative estimate of drug-likeness (QED) is 0.619. The molecule has 1 saturated heterocycles. The zero-order chi connectivity index (χ0) is 14.1. The summed E-state index contributed by atoms with van der Waals surface area (Å²) in [6, 6.07) is 1.34. The molecule has 3 aliphatic rings. The van der Waals surface area contributed by atoms with Crippen molar-refractivity contribution in [3.05, 3.63) is 5.82 Å². The van der Waals surface area contributed by atoms with Crippen molar-refractivity contribution in [1.29, 1.82) is 0 Å². The van der Waals surface area contributed by atoms with Gasteiger partial charge in [-0.05, 0) is 38.5 Å². The summed E-state index contributed by atoms with van der Waals surface area (Å²) >= 11 is 1.87. The lowest BCUT2D eigenvalue weighted by Gasteiger charge is -2.23. The molecule has 116 valence electrons. The Balaban J connectivity index is 1.28. The van der Waals surface area contributed by atoms with Gasteiger partial charge in [0.2, 0.25) is 0 Å². The lowest BCUT2D eigenvalue weighted by atomic mass is 10.1. The van der Waals surface area contributed by atoms with Gasteiger partial charge in [-0.25, -0.2) is 0 Å². The number of nitrogens with one attached hydrogen (secondary N) is 1. The second-order valence-electron chi connectivity index (χ2n) is 6.41. The molecule has 0 atom stereocenters. The van der Waals surface area contributed by atoms with E-state index in [4.69, 9.17) is 4.74 Å². The van der Waals surface area contributed by atoms with Gasteiger partial charge in [0.1, 0.15) is 5.82 Å². The number of thioether (sulfide) groups is 1. The summed E-state index contributed by atoms with van der Waals surface area (Å²) in [5, 5.41) is 13.7. The summed E-state index contributed by atoms with van der Waals surface area (Å²) in [5.41, 5.74) is 0. The predicted octanol–water partition coefficient (Wildman–Crippen LogP) is 2.35. The Hall–Kier alpha value is -0.590. The van der Waals surface area contributed by atoms with Gasteiger partial charge in [-0.2, -0.15) is 0 Å². The van der Waals surface area contributed by atoms with Gasteiger partial charge in [0.05, 0.1) is 0 Å². The highest BCUT2D eigenvalue weighted by Crippen LogP contribution is 2.45. The Kier molecular flexibility index (Phi) is 4.18. The van der Waals surface area contributed by atoms with Crippen LogP contribution in [-0.4, -0.2) is 46.3 Å². The standard InChI is InChI=1S/C15H24N4OS/c1-2-11(1)14-17-18-15(19(14)13-3-4-13)21-10-7-16-12-5-8-20-9-6-12/h11-13,16H,1-10H2. The van der Waals surface area contributed by atoms with E-state index in [0.29, 0.717) is 18.0 Å². The van der Waals surface area contributed by atoms with E-state index in [1.807, 2.05) is 11.8 Å². The van der Waals surface area contributed by atoms with Crippen LogP contribution in [0.1, 0.15) is 56.3 Å². The first-order valence-corrected chi connectivity index (χ1v) is 9.29. The molecule has 0 bridgehead atoms. The second kappa shape index (κ2) is 6.26. The van der Waals surface area contributed by atoms with E-state index in [9.17, 15) is 0 Å². The van der Waals surface area contributed by atoms with Crippen LogP contribution in [0.25, 0.3) is 0 Å². The molecular weight excluding hydrogens is 284 g/mol. The van der Waals surface area contributed by atoms with Crippen LogP contribution >= 0.6 is 11.8 Å². The third-order valence-electron chi connectivity index (χ3n) is 4.53. The van der Waals surface area contributed by atoms with Crippen molar-refractivity contribution in [2.24, 2.45) is 0 Å². The summed E-state index contributed by atoms with van der Waals surface area (Å²) in [6.07, 6.45) is 7.53. The van der Waals surface area contributed by atoms with Crippen LogP contribution in [0.5, 0.6) is 0 Å². The maximum atomic E-state index is 5.39. The Morgan fingerprint density at radius 1 is 1.10 bits per heavy atom. The lowest BCUT2D eigenvalue weighted by Crippen LogP contribution is -2.36. The van der Waals surface area contributed by atoms with Crippen molar-refractivity contribution in [3.63, 3.8) is 0 Å². The third kappa shape index (κ3) is 3.43. The Bertz CT molecular complexity index is 478. The van der Waals surface area contributed by atoms with Gasteiger partial charge in [0.15, 0.2) is 5.16 Å². The van der Waals surface area contributed by atoms with E-state index in [0.717, 1.165) is 43.5 Å². The Morgan fingerprint density at radius 2 is 1.90 bits per heavy atom. The number of aromatic nitrogens is 3. The van der Waals surface area contributed by atoms with E-state index < -0.39 is 0 Å². The average Bonchev–Trinajstić information content (AvgIpc) is 3.43. The smallest absolute Gasteiger partial charge is 0.191 e. The molecule has 5 nitrogen and oxygen atoms in total. The Labute approximate surface area is 130 Å². The number of ether oxygens (including phenoxy) is 1. The van der Waals surface area contributed by atoms with Crippen molar-refractivity contribution < 1.29 is 4.74 Å². The SMILES string of the molecule is C(CSc1nnc(C2CC2)n1C1CC1)NC1CCOCC1. The maximum absolute atomic E-state index is 5.39. The first kappa shape index (κ1) is 14.0. The summed E-state index contributed by atoms with van der Waals surface area (Å²) in [5.74, 6) is 3.04. The van der Waals surface area contributed by atoms with E-state index in [2.05, 4.69) is 20.1 Å². The van der Waals surface area contributed by atoms with Crippen LogP contribution in [0.3, 0.4) is 0 Å². The average molecular weight is 308 g/mol. The molecule has 0 amide bonds. The van der Waals surface area contributed by atoms with Crippen LogP contribution in [-0.2, 0) is 4.74 Å². The molecule has 0 unspecified atom stereocenters. The highest BCUT2D eigenvalue weighted by molar-refractivity contribution is 7.99. The number of nitrogens with zero attached hydrogens (tertiary/aromatic N) is 3. The van der Waals surface area contributed by atoms with Crippen LogP contribution in [0.2, 0.25) is 0 Å². The fraction of sp³-hybridized carbons (Fsp3) is 0.867. The molecule has 3 fully saturated rings. The van der Waals surface area contributed by atoms with Gasteiger partial charge in [-0.1, -0.05) is 11.8 Å². The van der Waals surface area contributed by atoms with Gasteiger partial charge < -0.3 is 14.6 Å². The third-order valence-corrected chi connectivity index (χ3v) is 5.48. The van der Waals surface area contributed by atoms with Crippen LogP contribution < -0.4 is 5.32 Å². The first-order chi connectivity index (χ1) is 10.4. The minimum absolute atomic E-state index is 0.641. The zero-order valence-electron chi connectivity index (χ0n) is 12.5. The minimum Gasteiger partial charge on any atom is -0.381 e. The fourth-order valence-electron chi connectivity index (χ4n) is 2.99. The predicted molar refractivity (Wildman–Crippen MR) is 82.8 cm³/mol. The maximum Gasteiger partial charge on any atom is 0.191 e. The molecule has 1 aromatic heterocycles. The van der Waals surface area contributed by atoms with Gasteiger partial charge in [0.25, 0.3) is 0 Å². The van der Waals surface area contributed by atoms with E-state index in [1.54, 1.807) is 0 Å². The molecule has 0 radical (unpaired) electrons. The van der Waals surface area contributed by atoms with E-state index in [1.165, 1.54) is 31.5 Å². The van der Waals surface area contributed by atoms with Gasteiger partial charge in [-0.15, -0.1) is 10.2 Å². The first-order valence-electron chi connectivity index (χ1n) is 8.30. The number of rotatable bonds is 7. The minimum atomic E-state index is 0.641. The molecule has 21 heavy (non-hydrogen) atoms. The van der Waals surface area contributed by atoms with Crippen molar-refractivity contribution in [3.8, 4) is 0 Å². The van der Waals surface area contributed by atoms with Crippen LogP contribution in [0, 0.1) is 0 Å². The number of hydrogen-bond acceptors (Lipinski definition) is 5. The Morgan fingerprint density at radius 3 is 2.62 bits per heavy atom. The van der Waals surface area contributed by atoms with Crippen LogP contribution in [0.4, 0.5) is 0 Å². The van der Waals surface area contributed by atoms with Crippen molar-refractivity contribution in [1.82, 2.24) is 20.1 Å². The molecule has 2 heterocycles. The molecule has 1 N–H and O–H groups in total. The van der Waals surface area contributed by atoms with Crippen molar-refractivity contribution in [2.75, 3.05) is 25.5 Å². The molecular formula is C15H24N4OS. The largest absolute Gasteiger partial charge is 0.381 e. The molecule has 6 heteroatoms. The van der Waals surface area contributed by atoms with Gasteiger partial charge in [-0.3, -0.25) is 0 Å². The van der Waals surface area contributed by atoms with E-state index >= 15 is 0 Å². The molecule has 2 aliphatic carbocycles. The summed E-state index contributed by atoms with van der Waals surface area (Å²) < 4.78 is 7.83. The molecule has 4 rings (SSSR count). The highest BCUT2D eigenvalue weighted by Gasteiger charge is 2.36. The van der Waals surface area contributed by atoms with E-state index in [-0.39, 0.29) is 0 Å². The molecule has 1 aromatic rings. The number of hydrogen-bond donors (Lipinski definition) is 1. The summed E-state index contributed by atoms with van der Waals surface area (Å²) in [6.45, 7) is 2.86. The highest BCUT2D eigenvalue weighted by atomic mass is 32.2. The molecule has 2 saturated carbocycles.